The van der Waals surface area contributed by atoms with Crippen molar-refractivity contribution >= 4 is 34.5 Å². The van der Waals surface area contributed by atoms with Crippen molar-refractivity contribution in [1.29, 1.82) is 0 Å². The minimum atomic E-state index is -0.771. The molecule has 3 aromatic rings. The molecule has 31 heavy (non-hydrogen) atoms. The average molecular weight is 421 g/mol. The van der Waals surface area contributed by atoms with E-state index in [0.717, 1.165) is 11.8 Å². The molecule has 2 N–H and O–H groups in total. The van der Waals surface area contributed by atoms with Crippen molar-refractivity contribution in [3.63, 3.8) is 0 Å². The van der Waals surface area contributed by atoms with Gasteiger partial charge in [0, 0.05) is 29.0 Å². The highest BCUT2D eigenvalue weighted by molar-refractivity contribution is 6.26. The number of H-pyrrole nitrogens is 1. The normalized spacial score (nSPS) is 14.9. The number of carbonyl (C=O) groups is 2. The molecule has 0 radical (unpaired) electrons. The van der Waals surface area contributed by atoms with Gasteiger partial charge in [-0.05, 0) is 48.9 Å². The van der Waals surface area contributed by atoms with Crippen LogP contribution in [0, 0.1) is 5.82 Å². The van der Waals surface area contributed by atoms with Crippen LogP contribution in [0.15, 0.2) is 66.0 Å². The van der Waals surface area contributed by atoms with Crippen LogP contribution in [-0.4, -0.2) is 28.3 Å². The van der Waals surface area contributed by atoms with Crippen molar-refractivity contribution in [2.24, 2.45) is 0 Å². The summed E-state index contributed by atoms with van der Waals surface area (Å²) in [7, 11) is 0. The second-order valence-electron chi connectivity index (χ2n) is 6.91. The minimum absolute atomic E-state index is 0.0307. The molecule has 4 rings (SSSR count). The van der Waals surface area contributed by atoms with Gasteiger partial charge in [-0.2, -0.15) is 0 Å². The number of allylic oxidation sites excluding steroid dienone is 1. The number of anilines is 1. The van der Waals surface area contributed by atoms with E-state index in [1.54, 1.807) is 24.5 Å². The summed E-state index contributed by atoms with van der Waals surface area (Å²) in [5.74, 6) is -1.86. The second kappa shape index (κ2) is 8.83. The number of hydrogen-bond donors (Lipinski definition) is 2. The number of Topliss-reactive ketones (excluding diaryl/α,β-unsaturated/α-hetero) is 1. The highest BCUT2D eigenvalue weighted by Gasteiger charge is 2.37. The van der Waals surface area contributed by atoms with Crippen LogP contribution in [0.4, 0.5) is 10.1 Å². The molecule has 0 amide bonds. The van der Waals surface area contributed by atoms with Gasteiger partial charge in [-0.15, -0.1) is 0 Å². The molecule has 3 heterocycles. The SMILES string of the molecule is CCCCOC(=O)C1=C(Nc2ccc(F)cc2)OC(=Cc2c[nH]c3ncccc23)C1=O. The Morgan fingerprint density at radius 1 is 1.29 bits per heavy atom. The predicted octanol–water partition coefficient (Wildman–Crippen LogP) is 4.31. The maximum Gasteiger partial charge on any atom is 0.347 e. The number of ketones is 1. The number of esters is 1. The van der Waals surface area contributed by atoms with Crippen molar-refractivity contribution in [2.75, 3.05) is 11.9 Å². The minimum Gasteiger partial charge on any atom is -0.462 e. The summed E-state index contributed by atoms with van der Waals surface area (Å²) in [6.07, 6.45) is 6.42. The van der Waals surface area contributed by atoms with Gasteiger partial charge in [-0.25, -0.2) is 14.2 Å². The number of unbranched alkanes of at least 4 members (excludes halogenated alkanes) is 1. The molecule has 0 unspecified atom stereocenters. The van der Waals surface area contributed by atoms with Gasteiger partial charge >= 0.3 is 5.97 Å². The van der Waals surface area contributed by atoms with Crippen LogP contribution in [0.5, 0.6) is 0 Å². The van der Waals surface area contributed by atoms with Crippen LogP contribution >= 0.6 is 0 Å². The fourth-order valence-corrected chi connectivity index (χ4v) is 3.09. The van der Waals surface area contributed by atoms with Crippen LogP contribution in [0.2, 0.25) is 0 Å². The lowest BCUT2D eigenvalue weighted by Gasteiger charge is -2.09. The molecule has 0 atom stereocenters. The van der Waals surface area contributed by atoms with E-state index >= 15 is 0 Å². The molecule has 0 aliphatic carbocycles. The summed E-state index contributed by atoms with van der Waals surface area (Å²) in [6, 6.07) is 9.11. The Hall–Kier alpha value is -3.94. The number of nitrogens with zero attached hydrogens (tertiary/aromatic N) is 1. The number of aromatic nitrogens is 2. The van der Waals surface area contributed by atoms with Gasteiger partial charge in [-0.3, -0.25) is 4.79 Å². The first kappa shape index (κ1) is 20.3. The number of fused-ring (bicyclic) bond motifs is 1. The van der Waals surface area contributed by atoms with Gasteiger partial charge < -0.3 is 19.8 Å². The van der Waals surface area contributed by atoms with Gasteiger partial charge in [-0.1, -0.05) is 13.3 Å². The Labute approximate surface area is 177 Å². The van der Waals surface area contributed by atoms with Crippen LogP contribution < -0.4 is 5.32 Å². The highest BCUT2D eigenvalue weighted by atomic mass is 19.1. The van der Waals surface area contributed by atoms with Gasteiger partial charge in [0.2, 0.25) is 11.7 Å². The largest absolute Gasteiger partial charge is 0.462 e. The number of pyridine rings is 1. The lowest BCUT2D eigenvalue weighted by atomic mass is 10.1. The zero-order valence-electron chi connectivity index (χ0n) is 16.8. The Bertz CT molecular complexity index is 1200. The molecule has 1 aromatic carbocycles. The van der Waals surface area contributed by atoms with E-state index in [4.69, 9.17) is 9.47 Å². The maximum atomic E-state index is 13.2. The Morgan fingerprint density at radius 2 is 2.10 bits per heavy atom. The van der Waals surface area contributed by atoms with E-state index in [1.807, 2.05) is 13.0 Å². The Morgan fingerprint density at radius 3 is 2.87 bits per heavy atom. The molecular formula is C23H20FN3O4. The molecule has 8 heteroatoms. The van der Waals surface area contributed by atoms with E-state index in [2.05, 4.69) is 15.3 Å². The highest BCUT2D eigenvalue weighted by Crippen LogP contribution is 2.30. The van der Waals surface area contributed by atoms with Crippen LogP contribution in [0.3, 0.4) is 0 Å². The molecule has 158 valence electrons. The summed E-state index contributed by atoms with van der Waals surface area (Å²) in [6.45, 7) is 2.17. The van der Waals surface area contributed by atoms with E-state index < -0.39 is 17.6 Å². The number of benzene rings is 1. The Kier molecular flexibility index (Phi) is 5.79. The van der Waals surface area contributed by atoms with Crippen molar-refractivity contribution in [3.05, 3.63) is 77.4 Å². The van der Waals surface area contributed by atoms with E-state index in [9.17, 15) is 14.0 Å². The first-order valence-corrected chi connectivity index (χ1v) is 9.87. The summed E-state index contributed by atoms with van der Waals surface area (Å²) in [5, 5.41) is 3.68. The summed E-state index contributed by atoms with van der Waals surface area (Å²) in [5.41, 5.74) is 1.58. The third kappa shape index (κ3) is 4.32. The smallest absolute Gasteiger partial charge is 0.347 e. The molecule has 1 aliphatic rings. The number of hydrogen-bond acceptors (Lipinski definition) is 6. The maximum absolute atomic E-state index is 13.2. The van der Waals surface area contributed by atoms with E-state index in [0.29, 0.717) is 23.3 Å². The molecule has 0 saturated carbocycles. The van der Waals surface area contributed by atoms with E-state index in [-0.39, 0.29) is 23.8 Å². The standard InChI is InChI=1S/C23H20FN3O4/c1-2-3-11-30-23(29)19-20(28)18(12-14-13-26-21-17(14)5-4-10-25-21)31-22(19)27-16-8-6-15(24)7-9-16/h4-10,12-13,27H,2-3,11H2,1H3,(H,25,26). The lowest BCUT2D eigenvalue weighted by Crippen LogP contribution is -2.16. The van der Waals surface area contributed by atoms with Gasteiger partial charge in [0.1, 0.15) is 11.5 Å². The number of halogens is 1. The molecule has 7 nitrogen and oxygen atoms in total. The fraction of sp³-hybridized carbons (Fsp3) is 0.174. The molecular weight excluding hydrogens is 401 g/mol. The first-order chi connectivity index (χ1) is 15.1. The average Bonchev–Trinajstić information content (AvgIpc) is 3.31. The predicted molar refractivity (Wildman–Crippen MR) is 113 cm³/mol. The molecule has 1 aliphatic heterocycles. The van der Waals surface area contributed by atoms with Crippen molar-refractivity contribution in [3.8, 4) is 0 Å². The zero-order valence-corrected chi connectivity index (χ0v) is 16.8. The summed E-state index contributed by atoms with van der Waals surface area (Å²) < 4.78 is 24.2. The van der Waals surface area contributed by atoms with Crippen LogP contribution in [0.1, 0.15) is 25.3 Å². The number of rotatable bonds is 7. The van der Waals surface area contributed by atoms with Gasteiger partial charge in [0.25, 0.3) is 0 Å². The summed E-state index contributed by atoms with van der Waals surface area (Å²) >= 11 is 0. The van der Waals surface area contributed by atoms with Crippen LogP contribution in [-0.2, 0) is 19.1 Å². The number of carbonyl (C=O) groups excluding carboxylic acids is 2. The molecule has 0 bridgehead atoms. The quantitative estimate of drug-likeness (QED) is 0.256. The van der Waals surface area contributed by atoms with Crippen molar-refractivity contribution < 1.29 is 23.5 Å². The second-order valence-corrected chi connectivity index (χ2v) is 6.91. The molecule has 2 aromatic heterocycles. The topological polar surface area (TPSA) is 93.3 Å². The van der Waals surface area contributed by atoms with Crippen molar-refractivity contribution in [1.82, 2.24) is 9.97 Å². The lowest BCUT2D eigenvalue weighted by molar-refractivity contribution is -0.140. The molecule has 0 fully saturated rings. The zero-order chi connectivity index (χ0) is 21.8. The number of aromatic amines is 1. The van der Waals surface area contributed by atoms with Crippen LogP contribution in [0.25, 0.3) is 17.1 Å². The first-order valence-electron chi connectivity index (χ1n) is 9.87. The third-order valence-electron chi connectivity index (χ3n) is 4.70. The number of nitrogens with one attached hydrogen (secondary N) is 2. The van der Waals surface area contributed by atoms with E-state index in [1.165, 1.54) is 24.3 Å². The molecule has 0 saturated heterocycles. The number of ether oxygens (including phenoxy) is 2. The van der Waals surface area contributed by atoms with Crippen molar-refractivity contribution in [2.45, 2.75) is 19.8 Å². The summed E-state index contributed by atoms with van der Waals surface area (Å²) in [4.78, 5) is 32.9. The fourth-order valence-electron chi connectivity index (χ4n) is 3.09. The monoisotopic (exact) mass is 421 g/mol. The molecule has 0 spiro atoms. The Balaban J connectivity index is 1.66. The van der Waals surface area contributed by atoms with Gasteiger partial charge in [0.15, 0.2) is 11.3 Å². The third-order valence-corrected chi connectivity index (χ3v) is 4.70. The van der Waals surface area contributed by atoms with Gasteiger partial charge in [0.05, 0.1) is 6.61 Å².